The van der Waals surface area contributed by atoms with Gasteiger partial charge in [0.05, 0.1) is 11.4 Å². The Hall–Kier alpha value is -2.24. The highest BCUT2D eigenvalue weighted by Crippen LogP contribution is 2.36. The molecule has 0 saturated carbocycles. The number of hydrogen-bond donors (Lipinski definition) is 1. The van der Waals surface area contributed by atoms with Crippen molar-refractivity contribution < 1.29 is 4.79 Å². The molecule has 0 spiro atoms. The topological polar surface area (TPSA) is 46.9 Å². The van der Waals surface area contributed by atoms with Crippen LogP contribution in [0.15, 0.2) is 48.5 Å². The standard InChI is InChI=1S/C19H16ClN3OS/c1-12-3-2-4-15(9-12)23-18(16-10-25-11-17(16)22-23)21-19(24)13-5-7-14(20)8-6-13/h2-9H,10-11H2,1H3,(H,21,24). The third kappa shape index (κ3) is 3.17. The van der Waals surface area contributed by atoms with Crippen LogP contribution in [0.4, 0.5) is 5.82 Å². The molecule has 126 valence electrons. The number of anilines is 1. The molecular weight excluding hydrogens is 354 g/mol. The second kappa shape index (κ2) is 6.58. The van der Waals surface area contributed by atoms with Crippen molar-refractivity contribution in [1.29, 1.82) is 0 Å². The zero-order valence-electron chi connectivity index (χ0n) is 13.6. The van der Waals surface area contributed by atoms with Crippen molar-refractivity contribution in [2.24, 2.45) is 0 Å². The Morgan fingerprint density at radius 3 is 2.76 bits per heavy atom. The number of nitrogens with zero attached hydrogens (tertiary/aromatic N) is 2. The molecule has 0 saturated heterocycles. The van der Waals surface area contributed by atoms with E-state index >= 15 is 0 Å². The molecule has 6 heteroatoms. The van der Waals surface area contributed by atoms with E-state index in [-0.39, 0.29) is 5.91 Å². The fourth-order valence-electron chi connectivity index (χ4n) is 2.87. The number of aromatic nitrogens is 2. The summed E-state index contributed by atoms with van der Waals surface area (Å²) < 4.78 is 1.84. The van der Waals surface area contributed by atoms with Crippen molar-refractivity contribution in [2.75, 3.05) is 5.32 Å². The first-order chi connectivity index (χ1) is 12.1. The van der Waals surface area contributed by atoms with Crippen LogP contribution in [0.2, 0.25) is 5.02 Å². The minimum Gasteiger partial charge on any atom is -0.306 e. The van der Waals surface area contributed by atoms with Crippen LogP contribution >= 0.6 is 23.4 Å². The number of aryl methyl sites for hydroxylation is 1. The van der Waals surface area contributed by atoms with Gasteiger partial charge in [0, 0.05) is 27.7 Å². The number of amides is 1. The highest BCUT2D eigenvalue weighted by molar-refractivity contribution is 7.98. The Morgan fingerprint density at radius 2 is 2.00 bits per heavy atom. The molecule has 4 rings (SSSR count). The van der Waals surface area contributed by atoms with E-state index < -0.39 is 0 Å². The predicted octanol–water partition coefficient (Wildman–Crippen LogP) is 4.83. The molecule has 1 aliphatic heterocycles. The van der Waals surface area contributed by atoms with Gasteiger partial charge in [0.1, 0.15) is 5.82 Å². The quantitative estimate of drug-likeness (QED) is 0.719. The van der Waals surface area contributed by atoms with E-state index in [1.165, 1.54) is 0 Å². The summed E-state index contributed by atoms with van der Waals surface area (Å²) in [6.45, 7) is 2.04. The van der Waals surface area contributed by atoms with Gasteiger partial charge in [-0.2, -0.15) is 16.9 Å². The summed E-state index contributed by atoms with van der Waals surface area (Å²) in [7, 11) is 0. The van der Waals surface area contributed by atoms with Crippen LogP contribution in [0.3, 0.4) is 0 Å². The van der Waals surface area contributed by atoms with Crippen LogP contribution in [0, 0.1) is 6.92 Å². The lowest BCUT2D eigenvalue weighted by atomic mass is 10.2. The maximum absolute atomic E-state index is 12.7. The van der Waals surface area contributed by atoms with E-state index in [0.717, 1.165) is 39.8 Å². The number of thioether (sulfide) groups is 1. The molecule has 2 aromatic carbocycles. The minimum absolute atomic E-state index is 0.162. The van der Waals surface area contributed by atoms with E-state index in [2.05, 4.69) is 11.4 Å². The van der Waals surface area contributed by atoms with Crippen molar-refractivity contribution in [3.05, 3.63) is 75.9 Å². The molecule has 1 aromatic heterocycles. The van der Waals surface area contributed by atoms with Gasteiger partial charge in [0.2, 0.25) is 0 Å². The van der Waals surface area contributed by atoms with Crippen LogP contribution in [0.1, 0.15) is 27.2 Å². The molecule has 1 amide bonds. The highest BCUT2D eigenvalue weighted by atomic mass is 35.5. The summed E-state index contributed by atoms with van der Waals surface area (Å²) >= 11 is 7.72. The number of benzene rings is 2. The SMILES string of the molecule is Cc1cccc(-n2nc3c(c2NC(=O)c2ccc(Cl)cc2)CSC3)c1. The van der Waals surface area contributed by atoms with Gasteiger partial charge in [-0.1, -0.05) is 23.7 Å². The lowest BCUT2D eigenvalue weighted by Gasteiger charge is -2.11. The molecule has 25 heavy (non-hydrogen) atoms. The van der Waals surface area contributed by atoms with Crippen LogP contribution in [0.25, 0.3) is 5.69 Å². The second-order valence-electron chi connectivity index (χ2n) is 5.98. The normalized spacial score (nSPS) is 12.9. The van der Waals surface area contributed by atoms with Crippen molar-refractivity contribution in [1.82, 2.24) is 9.78 Å². The number of hydrogen-bond acceptors (Lipinski definition) is 3. The van der Waals surface area contributed by atoms with Crippen molar-refractivity contribution in [3.63, 3.8) is 0 Å². The van der Waals surface area contributed by atoms with Gasteiger partial charge in [-0.3, -0.25) is 4.79 Å². The number of carbonyl (C=O) groups is 1. The fraction of sp³-hybridized carbons (Fsp3) is 0.158. The summed E-state index contributed by atoms with van der Waals surface area (Å²) in [5.41, 5.74) is 4.82. The van der Waals surface area contributed by atoms with E-state index in [1.54, 1.807) is 24.3 Å². The molecule has 0 atom stereocenters. The van der Waals surface area contributed by atoms with Crippen molar-refractivity contribution in [3.8, 4) is 5.69 Å². The Kier molecular flexibility index (Phi) is 4.27. The molecule has 3 aromatic rings. The lowest BCUT2D eigenvalue weighted by molar-refractivity contribution is 0.102. The van der Waals surface area contributed by atoms with Crippen LogP contribution in [0.5, 0.6) is 0 Å². The van der Waals surface area contributed by atoms with Crippen LogP contribution < -0.4 is 5.32 Å². The van der Waals surface area contributed by atoms with Gasteiger partial charge in [-0.05, 0) is 48.9 Å². The largest absolute Gasteiger partial charge is 0.306 e. The summed E-state index contributed by atoms with van der Waals surface area (Å²) in [6.07, 6.45) is 0. The van der Waals surface area contributed by atoms with E-state index in [0.29, 0.717) is 10.6 Å². The second-order valence-corrected chi connectivity index (χ2v) is 7.40. The zero-order chi connectivity index (χ0) is 17.4. The molecule has 0 bridgehead atoms. The van der Waals surface area contributed by atoms with Crippen molar-refractivity contribution >= 4 is 35.1 Å². The molecular formula is C19H16ClN3OS. The molecule has 0 aliphatic carbocycles. The summed E-state index contributed by atoms with van der Waals surface area (Å²) in [6, 6.07) is 15.0. The van der Waals surface area contributed by atoms with Gasteiger partial charge in [0.15, 0.2) is 0 Å². The third-order valence-corrected chi connectivity index (χ3v) is 5.36. The summed E-state index contributed by atoms with van der Waals surface area (Å²) in [5, 5.41) is 8.38. The Balaban J connectivity index is 1.73. The maximum atomic E-state index is 12.7. The first kappa shape index (κ1) is 16.2. The van der Waals surface area contributed by atoms with Gasteiger partial charge in [0.25, 0.3) is 5.91 Å². The smallest absolute Gasteiger partial charge is 0.256 e. The highest BCUT2D eigenvalue weighted by Gasteiger charge is 2.25. The molecule has 0 radical (unpaired) electrons. The third-order valence-electron chi connectivity index (χ3n) is 4.14. The number of halogens is 1. The Morgan fingerprint density at radius 1 is 1.20 bits per heavy atom. The van der Waals surface area contributed by atoms with E-state index in [1.807, 2.05) is 41.6 Å². The number of nitrogens with one attached hydrogen (secondary N) is 1. The van der Waals surface area contributed by atoms with Gasteiger partial charge >= 0.3 is 0 Å². The average molecular weight is 370 g/mol. The van der Waals surface area contributed by atoms with Gasteiger partial charge in [-0.15, -0.1) is 0 Å². The molecule has 2 heterocycles. The first-order valence-corrected chi connectivity index (χ1v) is 9.47. The van der Waals surface area contributed by atoms with E-state index in [9.17, 15) is 4.79 Å². The van der Waals surface area contributed by atoms with E-state index in [4.69, 9.17) is 16.7 Å². The summed E-state index contributed by atoms with van der Waals surface area (Å²) in [5.74, 6) is 2.32. The number of carbonyl (C=O) groups excluding carboxylic acids is 1. The average Bonchev–Trinajstić information content (AvgIpc) is 3.18. The molecule has 1 N–H and O–H groups in total. The molecule has 1 aliphatic rings. The first-order valence-electron chi connectivity index (χ1n) is 7.94. The monoisotopic (exact) mass is 369 g/mol. The number of fused-ring (bicyclic) bond motifs is 1. The van der Waals surface area contributed by atoms with Crippen LogP contribution in [-0.2, 0) is 11.5 Å². The van der Waals surface area contributed by atoms with Gasteiger partial charge in [-0.25, -0.2) is 4.68 Å². The maximum Gasteiger partial charge on any atom is 0.256 e. The summed E-state index contributed by atoms with van der Waals surface area (Å²) in [4.78, 5) is 12.7. The molecule has 4 nitrogen and oxygen atoms in total. The zero-order valence-corrected chi connectivity index (χ0v) is 15.2. The van der Waals surface area contributed by atoms with Crippen molar-refractivity contribution in [2.45, 2.75) is 18.4 Å². The molecule has 0 fully saturated rings. The fourth-order valence-corrected chi connectivity index (χ4v) is 4.03. The lowest BCUT2D eigenvalue weighted by Crippen LogP contribution is -2.16. The Bertz CT molecular complexity index is 950. The minimum atomic E-state index is -0.162. The number of rotatable bonds is 3. The van der Waals surface area contributed by atoms with Gasteiger partial charge < -0.3 is 5.32 Å². The van der Waals surface area contributed by atoms with Crippen LogP contribution in [-0.4, -0.2) is 15.7 Å². The molecule has 0 unspecified atom stereocenters. The Labute approximate surface area is 155 Å². The predicted molar refractivity (Wildman–Crippen MR) is 103 cm³/mol.